The van der Waals surface area contributed by atoms with Gasteiger partial charge in [0.1, 0.15) is 5.69 Å². The minimum Gasteiger partial charge on any atom is -0.463 e. The van der Waals surface area contributed by atoms with Gasteiger partial charge in [-0.25, -0.2) is 9.78 Å². The third-order valence-electron chi connectivity index (χ3n) is 1.33. The lowest BCUT2D eigenvalue weighted by Crippen LogP contribution is -2.26. The molecular formula is C7H6Cl3NO2S. The standard InChI is InChI=1S/C7H6Cl3NO2S/c1-2-13-5(12)7(9,10)4-3-14-6(8)11-4/h3H,2H2,1H3. The van der Waals surface area contributed by atoms with Gasteiger partial charge in [-0.1, -0.05) is 34.8 Å². The summed E-state index contributed by atoms with van der Waals surface area (Å²) >= 11 is 18.3. The van der Waals surface area contributed by atoms with Crippen molar-refractivity contribution in [3.63, 3.8) is 0 Å². The van der Waals surface area contributed by atoms with Crippen LogP contribution in [0.1, 0.15) is 12.6 Å². The molecule has 0 unspecified atom stereocenters. The van der Waals surface area contributed by atoms with Crippen LogP contribution in [-0.4, -0.2) is 17.6 Å². The van der Waals surface area contributed by atoms with Gasteiger partial charge in [-0.15, -0.1) is 11.3 Å². The Morgan fingerprint density at radius 3 is 2.79 bits per heavy atom. The first-order valence-corrected chi connectivity index (χ1v) is 5.66. The minimum atomic E-state index is -1.78. The topological polar surface area (TPSA) is 39.2 Å². The third-order valence-corrected chi connectivity index (χ3v) is 3.00. The van der Waals surface area contributed by atoms with E-state index < -0.39 is 10.3 Å². The van der Waals surface area contributed by atoms with Gasteiger partial charge in [-0.05, 0) is 6.92 Å². The molecule has 0 amide bonds. The summed E-state index contributed by atoms with van der Waals surface area (Å²) in [6, 6.07) is 0. The van der Waals surface area contributed by atoms with Gasteiger partial charge in [0.15, 0.2) is 4.47 Å². The van der Waals surface area contributed by atoms with E-state index in [1.165, 1.54) is 5.38 Å². The van der Waals surface area contributed by atoms with Gasteiger partial charge in [0.25, 0.3) is 4.33 Å². The van der Waals surface area contributed by atoms with Gasteiger partial charge < -0.3 is 4.74 Å². The summed E-state index contributed by atoms with van der Waals surface area (Å²) in [5.41, 5.74) is 0.189. The lowest BCUT2D eigenvalue weighted by Gasteiger charge is -2.14. The van der Waals surface area contributed by atoms with E-state index in [0.717, 1.165) is 11.3 Å². The number of halogens is 3. The molecule has 0 saturated heterocycles. The molecule has 0 aliphatic carbocycles. The van der Waals surface area contributed by atoms with Crippen molar-refractivity contribution in [2.75, 3.05) is 6.61 Å². The summed E-state index contributed by atoms with van der Waals surface area (Å²) in [7, 11) is 0. The van der Waals surface area contributed by atoms with E-state index in [0.29, 0.717) is 0 Å². The largest absolute Gasteiger partial charge is 0.463 e. The number of rotatable bonds is 3. The van der Waals surface area contributed by atoms with Gasteiger partial charge >= 0.3 is 5.97 Å². The van der Waals surface area contributed by atoms with E-state index in [1.807, 2.05) is 0 Å². The summed E-state index contributed by atoms with van der Waals surface area (Å²) in [5.74, 6) is -0.745. The number of hydrogen-bond acceptors (Lipinski definition) is 4. The van der Waals surface area contributed by atoms with Gasteiger partial charge in [0.2, 0.25) is 0 Å². The maximum atomic E-state index is 11.3. The second kappa shape index (κ2) is 4.66. The highest BCUT2D eigenvalue weighted by atomic mass is 35.5. The molecule has 1 rings (SSSR count). The highest BCUT2D eigenvalue weighted by Gasteiger charge is 2.40. The van der Waals surface area contributed by atoms with Crippen LogP contribution in [0, 0.1) is 0 Å². The molecule has 1 aromatic rings. The van der Waals surface area contributed by atoms with Crippen molar-refractivity contribution in [3.05, 3.63) is 15.5 Å². The Balaban J connectivity index is 2.89. The van der Waals surface area contributed by atoms with E-state index in [1.54, 1.807) is 6.92 Å². The molecule has 1 aromatic heterocycles. The van der Waals surface area contributed by atoms with Crippen LogP contribution in [0.25, 0.3) is 0 Å². The highest BCUT2D eigenvalue weighted by molar-refractivity contribution is 7.14. The zero-order valence-corrected chi connectivity index (χ0v) is 10.2. The zero-order chi connectivity index (χ0) is 10.8. The smallest absolute Gasteiger partial charge is 0.349 e. The Morgan fingerprint density at radius 1 is 1.71 bits per heavy atom. The van der Waals surface area contributed by atoms with E-state index in [9.17, 15) is 4.79 Å². The molecule has 1 heterocycles. The van der Waals surface area contributed by atoms with Crippen LogP contribution < -0.4 is 0 Å². The number of hydrogen-bond donors (Lipinski definition) is 0. The van der Waals surface area contributed by atoms with Crippen molar-refractivity contribution in [2.24, 2.45) is 0 Å². The average Bonchev–Trinajstić information content (AvgIpc) is 2.52. The molecule has 78 valence electrons. The molecule has 0 atom stereocenters. The maximum Gasteiger partial charge on any atom is 0.349 e. The summed E-state index contributed by atoms with van der Waals surface area (Å²) in [6.45, 7) is 1.87. The predicted octanol–water partition coefficient (Wildman–Crippen LogP) is 2.99. The lowest BCUT2D eigenvalue weighted by molar-refractivity contribution is -0.144. The Hall–Kier alpha value is -0.0300. The van der Waals surface area contributed by atoms with Crippen molar-refractivity contribution in [2.45, 2.75) is 11.3 Å². The summed E-state index contributed by atoms with van der Waals surface area (Å²) in [4.78, 5) is 15.1. The third kappa shape index (κ3) is 2.51. The molecule has 0 fully saturated rings. The maximum absolute atomic E-state index is 11.3. The monoisotopic (exact) mass is 273 g/mol. The predicted molar refractivity (Wildman–Crippen MR) is 57.1 cm³/mol. The first-order chi connectivity index (χ1) is 6.48. The molecule has 0 aliphatic heterocycles. The van der Waals surface area contributed by atoms with Crippen LogP contribution >= 0.6 is 46.1 Å². The van der Waals surface area contributed by atoms with Crippen LogP contribution in [0.5, 0.6) is 0 Å². The number of esters is 1. The molecule has 3 nitrogen and oxygen atoms in total. The fraction of sp³-hybridized carbons (Fsp3) is 0.429. The molecule has 0 bridgehead atoms. The number of carbonyl (C=O) groups excluding carboxylic acids is 1. The number of alkyl halides is 2. The Kier molecular flexibility index (Phi) is 4.01. The molecule has 0 aliphatic rings. The Morgan fingerprint density at radius 2 is 2.36 bits per heavy atom. The van der Waals surface area contributed by atoms with E-state index in [2.05, 4.69) is 9.72 Å². The molecule has 7 heteroatoms. The zero-order valence-electron chi connectivity index (χ0n) is 7.09. The summed E-state index contributed by atoms with van der Waals surface area (Å²) in [5, 5.41) is 1.51. The van der Waals surface area contributed by atoms with Crippen molar-refractivity contribution >= 4 is 52.1 Å². The fourth-order valence-electron chi connectivity index (χ4n) is 0.722. The van der Waals surface area contributed by atoms with Crippen molar-refractivity contribution in [1.29, 1.82) is 0 Å². The molecule has 0 aromatic carbocycles. The average molecular weight is 275 g/mol. The van der Waals surface area contributed by atoms with E-state index in [-0.39, 0.29) is 16.8 Å². The normalized spacial score (nSPS) is 11.4. The Bertz CT molecular complexity index is 339. The molecule has 0 radical (unpaired) electrons. The number of aromatic nitrogens is 1. The van der Waals surface area contributed by atoms with Gasteiger partial charge in [-0.2, -0.15) is 0 Å². The van der Waals surface area contributed by atoms with Crippen LogP contribution in [0.3, 0.4) is 0 Å². The highest BCUT2D eigenvalue weighted by Crippen LogP contribution is 2.36. The summed E-state index contributed by atoms with van der Waals surface area (Å²) in [6.07, 6.45) is 0. The second-order valence-corrected chi connectivity index (χ2v) is 5.05. The van der Waals surface area contributed by atoms with Crippen molar-refractivity contribution in [3.8, 4) is 0 Å². The van der Waals surface area contributed by atoms with Crippen LogP contribution in [-0.2, 0) is 13.9 Å². The van der Waals surface area contributed by atoms with Crippen molar-refractivity contribution in [1.82, 2.24) is 4.98 Å². The van der Waals surface area contributed by atoms with Gasteiger partial charge in [0, 0.05) is 5.38 Å². The molecular weight excluding hydrogens is 269 g/mol. The fourth-order valence-corrected chi connectivity index (χ4v) is 1.97. The minimum absolute atomic E-state index is 0.189. The quantitative estimate of drug-likeness (QED) is 0.628. The number of nitrogens with zero attached hydrogens (tertiary/aromatic N) is 1. The Labute approximate surface area is 99.9 Å². The number of carbonyl (C=O) groups is 1. The number of thiazole rings is 1. The molecule has 0 saturated carbocycles. The number of ether oxygens (including phenoxy) is 1. The second-order valence-electron chi connectivity index (χ2n) is 2.28. The van der Waals surface area contributed by atoms with Crippen LogP contribution in [0.2, 0.25) is 4.47 Å². The van der Waals surface area contributed by atoms with Crippen LogP contribution in [0.15, 0.2) is 5.38 Å². The van der Waals surface area contributed by atoms with Crippen LogP contribution in [0.4, 0.5) is 0 Å². The molecule has 0 spiro atoms. The van der Waals surface area contributed by atoms with E-state index >= 15 is 0 Å². The van der Waals surface area contributed by atoms with Crippen molar-refractivity contribution < 1.29 is 9.53 Å². The van der Waals surface area contributed by atoms with Gasteiger partial charge in [-0.3, -0.25) is 0 Å². The first-order valence-electron chi connectivity index (χ1n) is 3.65. The van der Waals surface area contributed by atoms with E-state index in [4.69, 9.17) is 34.8 Å². The molecule has 0 N–H and O–H groups in total. The summed E-state index contributed by atoms with van der Waals surface area (Å²) < 4.78 is 3.18. The SMILES string of the molecule is CCOC(=O)C(Cl)(Cl)c1csc(Cl)n1. The molecule has 14 heavy (non-hydrogen) atoms. The lowest BCUT2D eigenvalue weighted by atomic mass is 10.3. The van der Waals surface area contributed by atoms with Gasteiger partial charge in [0.05, 0.1) is 6.61 Å². The first kappa shape index (κ1) is 12.0.